The fourth-order valence-corrected chi connectivity index (χ4v) is 3.74. The number of hydrogen-bond acceptors (Lipinski definition) is 8. The molecule has 10 nitrogen and oxygen atoms in total. The summed E-state index contributed by atoms with van der Waals surface area (Å²) in [6, 6.07) is 14.6. The van der Waals surface area contributed by atoms with Gasteiger partial charge < -0.3 is 19.5 Å². The number of piperazine rings is 1. The molecule has 3 aromatic heterocycles. The van der Waals surface area contributed by atoms with Crippen molar-refractivity contribution in [3.8, 4) is 0 Å². The van der Waals surface area contributed by atoms with Crippen molar-refractivity contribution in [2.45, 2.75) is 6.54 Å². The van der Waals surface area contributed by atoms with E-state index in [1.54, 1.807) is 29.3 Å². The van der Waals surface area contributed by atoms with Crippen LogP contribution in [-0.2, 0) is 11.3 Å². The van der Waals surface area contributed by atoms with Crippen molar-refractivity contribution in [2.75, 3.05) is 36.4 Å². The molecule has 5 rings (SSSR count). The molecule has 1 saturated heterocycles. The van der Waals surface area contributed by atoms with E-state index in [9.17, 15) is 9.59 Å². The second-order valence-corrected chi connectivity index (χ2v) is 7.39. The molecule has 1 N–H and O–H groups in total. The van der Waals surface area contributed by atoms with Crippen LogP contribution in [0.2, 0.25) is 0 Å². The molecule has 1 aromatic carbocycles. The van der Waals surface area contributed by atoms with E-state index in [-0.39, 0.29) is 12.5 Å². The number of pyridine rings is 1. The van der Waals surface area contributed by atoms with Gasteiger partial charge in [0.1, 0.15) is 30.3 Å². The summed E-state index contributed by atoms with van der Waals surface area (Å²) in [7, 11) is 0. The maximum atomic E-state index is 12.8. The minimum absolute atomic E-state index is 0.0402. The Morgan fingerprint density at radius 1 is 0.969 bits per heavy atom. The number of amides is 1. The number of carbonyl (C=O) groups excluding carboxylic acids is 1. The van der Waals surface area contributed by atoms with Gasteiger partial charge in [-0.3, -0.25) is 9.36 Å². The monoisotopic (exact) mass is 431 g/mol. The van der Waals surface area contributed by atoms with E-state index in [0.29, 0.717) is 48.9 Å². The zero-order valence-electron chi connectivity index (χ0n) is 17.2. The molecule has 1 amide bonds. The lowest BCUT2D eigenvalue weighted by Gasteiger charge is -2.35. The van der Waals surface area contributed by atoms with Crippen molar-refractivity contribution < 1.29 is 9.21 Å². The van der Waals surface area contributed by atoms with Crippen molar-refractivity contribution in [1.82, 2.24) is 24.4 Å². The molecule has 0 unspecified atom stereocenters. The zero-order chi connectivity index (χ0) is 21.9. The Morgan fingerprint density at radius 3 is 2.59 bits per heavy atom. The molecule has 162 valence electrons. The molecule has 1 aliphatic heterocycles. The predicted octanol–water partition coefficient (Wildman–Crippen LogP) is 1.87. The van der Waals surface area contributed by atoms with E-state index in [4.69, 9.17) is 4.42 Å². The Hall–Kier alpha value is -4.21. The molecule has 0 saturated carbocycles. The molecule has 1 aliphatic rings. The molecular formula is C22H21N7O3. The molecule has 0 spiro atoms. The van der Waals surface area contributed by atoms with Crippen molar-refractivity contribution in [2.24, 2.45) is 0 Å². The lowest BCUT2D eigenvalue weighted by atomic mass is 10.3. The van der Waals surface area contributed by atoms with Gasteiger partial charge >= 0.3 is 5.76 Å². The van der Waals surface area contributed by atoms with Crippen LogP contribution >= 0.6 is 0 Å². The molecule has 4 aromatic rings. The minimum Gasteiger partial charge on any atom is -0.408 e. The fraction of sp³-hybridized carbons (Fsp3) is 0.227. The predicted molar refractivity (Wildman–Crippen MR) is 119 cm³/mol. The average molecular weight is 431 g/mol. The fourth-order valence-electron chi connectivity index (χ4n) is 3.74. The smallest absolute Gasteiger partial charge is 0.408 e. The lowest BCUT2D eigenvalue weighted by Crippen LogP contribution is -2.50. The molecule has 0 bridgehead atoms. The van der Waals surface area contributed by atoms with Gasteiger partial charge in [-0.15, -0.1) is 0 Å². The van der Waals surface area contributed by atoms with Crippen LogP contribution in [0.3, 0.4) is 0 Å². The SMILES string of the molecule is O=C(Cn1c(=O)oc2ccccc21)N1CCN(c2cc(Nc3ccccn3)ncn2)CC1. The van der Waals surface area contributed by atoms with Crippen LogP contribution in [0.5, 0.6) is 0 Å². The highest BCUT2D eigenvalue weighted by Gasteiger charge is 2.23. The number of para-hydroxylation sites is 2. The van der Waals surface area contributed by atoms with Crippen molar-refractivity contribution in [3.63, 3.8) is 0 Å². The van der Waals surface area contributed by atoms with E-state index in [2.05, 4.69) is 25.2 Å². The Bertz CT molecular complexity index is 1290. The summed E-state index contributed by atoms with van der Waals surface area (Å²) in [6.45, 7) is 2.30. The molecule has 1 fully saturated rings. The summed E-state index contributed by atoms with van der Waals surface area (Å²) < 4.78 is 6.60. The third-order valence-corrected chi connectivity index (χ3v) is 5.40. The summed E-state index contributed by atoms with van der Waals surface area (Å²) in [5.41, 5.74) is 1.10. The van der Waals surface area contributed by atoms with Crippen molar-refractivity contribution >= 4 is 34.5 Å². The van der Waals surface area contributed by atoms with Crippen LogP contribution < -0.4 is 16.0 Å². The summed E-state index contributed by atoms with van der Waals surface area (Å²) in [5, 5.41) is 3.16. The van der Waals surface area contributed by atoms with Gasteiger partial charge in [0, 0.05) is 38.4 Å². The quantitative estimate of drug-likeness (QED) is 0.510. The van der Waals surface area contributed by atoms with E-state index in [0.717, 1.165) is 5.82 Å². The molecular weight excluding hydrogens is 410 g/mol. The number of anilines is 3. The van der Waals surface area contributed by atoms with Crippen LogP contribution in [0.25, 0.3) is 11.1 Å². The third-order valence-electron chi connectivity index (χ3n) is 5.40. The number of nitrogens with zero attached hydrogens (tertiary/aromatic N) is 6. The first kappa shape index (κ1) is 19.7. The van der Waals surface area contributed by atoms with Crippen LogP contribution in [0.15, 0.2) is 70.3 Å². The molecule has 0 aliphatic carbocycles. The Morgan fingerprint density at radius 2 is 1.78 bits per heavy atom. The number of oxazole rings is 1. The first-order valence-electron chi connectivity index (χ1n) is 10.3. The normalized spacial score (nSPS) is 14.0. The number of nitrogens with one attached hydrogen (secondary N) is 1. The van der Waals surface area contributed by atoms with Gasteiger partial charge in [0.25, 0.3) is 0 Å². The van der Waals surface area contributed by atoms with Gasteiger partial charge in [-0.05, 0) is 24.3 Å². The lowest BCUT2D eigenvalue weighted by molar-refractivity contribution is -0.132. The van der Waals surface area contributed by atoms with Crippen molar-refractivity contribution in [3.05, 3.63) is 71.6 Å². The van der Waals surface area contributed by atoms with Gasteiger partial charge in [-0.2, -0.15) is 0 Å². The van der Waals surface area contributed by atoms with Gasteiger partial charge in [0.15, 0.2) is 5.58 Å². The first-order chi connectivity index (χ1) is 15.7. The maximum absolute atomic E-state index is 12.8. The zero-order valence-corrected chi connectivity index (χ0v) is 17.2. The van der Waals surface area contributed by atoms with Gasteiger partial charge in [0.2, 0.25) is 5.91 Å². The highest BCUT2D eigenvalue weighted by atomic mass is 16.4. The van der Waals surface area contributed by atoms with Gasteiger partial charge in [0.05, 0.1) is 5.52 Å². The number of aromatic nitrogens is 4. The van der Waals surface area contributed by atoms with Crippen LogP contribution in [-0.4, -0.2) is 56.5 Å². The number of benzene rings is 1. The van der Waals surface area contributed by atoms with Gasteiger partial charge in [-0.25, -0.2) is 19.7 Å². The maximum Gasteiger partial charge on any atom is 0.420 e. The summed E-state index contributed by atoms with van der Waals surface area (Å²) in [6.07, 6.45) is 3.22. The van der Waals surface area contributed by atoms with E-state index in [1.807, 2.05) is 30.3 Å². The summed E-state index contributed by atoms with van der Waals surface area (Å²) in [4.78, 5) is 41.7. The van der Waals surface area contributed by atoms with Crippen LogP contribution in [0, 0.1) is 0 Å². The Labute approximate surface area is 183 Å². The van der Waals surface area contributed by atoms with Crippen LogP contribution in [0.4, 0.5) is 17.5 Å². The van der Waals surface area contributed by atoms with Crippen LogP contribution in [0.1, 0.15) is 0 Å². The topological polar surface area (TPSA) is 109 Å². The highest BCUT2D eigenvalue weighted by molar-refractivity contribution is 5.79. The highest BCUT2D eigenvalue weighted by Crippen LogP contribution is 2.19. The summed E-state index contributed by atoms with van der Waals surface area (Å²) >= 11 is 0. The third kappa shape index (κ3) is 4.02. The van der Waals surface area contributed by atoms with Gasteiger partial charge in [-0.1, -0.05) is 18.2 Å². The molecule has 32 heavy (non-hydrogen) atoms. The van der Waals surface area contributed by atoms with E-state index in [1.165, 1.54) is 10.9 Å². The second-order valence-electron chi connectivity index (χ2n) is 7.39. The number of rotatable bonds is 5. The number of hydrogen-bond donors (Lipinski definition) is 1. The molecule has 4 heterocycles. The van der Waals surface area contributed by atoms with E-state index < -0.39 is 5.76 Å². The molecule has 10 heteroatoms. The minimum atomic E-state index is -0.521. The molecule has 0 radical (unpaired) electrons. The largest absolute Gasteiger partial charge is 0.420 e. The average Bonchev–Trinajstić information content (AvgIpc) is 3.15. The first-order valence-corrected chi connectivity index (χ1v) is 10.3. The summed E-state index contributed by atoms with van der Waals surface area (Å²) in [5.74, 6) is 1.50. The second kappa shape index (κ2) is 8.50. The standard InChI is InChI=1S/C22H21N7O3/c30-21(14-29-16-5-1-2-6-17(16)32-22(29)31)28-11-9-27(10-12-28)20-13-19(24-15-25-20)26-18-7-3-4-8-23-18/h1-8,13,15H,9-12,14H2,(H,23,24,25,26). The number of carbonyl (C=O) groups is 1. The molecule has 0 atom stereocenters. The Kier molecular flexibility index (Phi) is 5.24. The van der Waals surface area contributed by atoms with Crippen molar-refractivity contribution in [1.29, 1.82) is 0 Å². The Balaban J connectivity index is 1.22. The van der Waals surface area contributed by atoms with E-state index >= 15 is 0 Å². The number of fused-ring (bicyclic) bond motifs is 1.